The second-order valence-electron chi connectivity index (χ2n) is 4.35. The van der Waals surface area contributed by atoms with E-state index in [2.05, 4.69) is 27.2 Å². The van der Waals surface area contributed by atoms with Gasteiger partial charge in [-0.2, -0.15) is 0 Å². The van der Waals surface area contributed by atoms with Crippen LogP contribution in [0.15, 0.2) is 12.4 Å². The first-order chi connectivity index (χ1) is 8.61. The molecule has 0 unspecified atom stereocenters. The Labute approximate surface area is 107 Å². The fourth-order valence-electron chi connectivity index (χ4n) is 1.80. The van der Waals surface area contributed by atoms with Crippen LogP contribution in [-0.4, -0.2) is 26.1 Å². The number of aryl methyl sites for hydroxylation is 3. The number of imidazole rings is 1. The molecule has 0 amide bonds. The fourth-order valence-corrected chi connectivity index (χ4v) is 1.80. The van der Waals surface area contributed by atoms with Gasteiger partial charge in [-0.25, -0.2) is 9.97 Å². The van der Waals surface area contributed by atoms with Gasteiger partial charge in [0.2, 0.25) is 0 Å². The van der Waals surface area contributed by atoms with E-state index in [-0.39, 0.29) is 0 Å². The molecular weight excluding hydrogens is 226 g/mol. The average Bonchev–Trinajstić information content (AvgIpc) is 2.72. The van der Waals surface area contributed by atoms with Crippen molar-refractivity contribution in [3.8, 4) is 0 Å². The number of hydrogen-bond acceptors (Lipinski definition) is 4. The predicted octanol–water partition coefficient (Wildman–Crippen LogP) is 1.85. The van der Waals surface area contributed by atoms with E-state index in [1.165, 1.54) is 0 Å². The van der Waals surface area contributed by atoms with Crippen LogP contribution in [-0.2, 0) is 13.5 Å². The van der Waals surface area contributed by atoms with Crippen molar-refractivity contribution in [3.63, 3.8) is 0 Å². The molecule has 0 aliphatic carbocycles. The molecule has 0 radical (unpaired) electrons. The first kappa shape index (κ1) is 12.5. The third-order valence-corrected chi connectivity index (χ3v) is 2.97. The molecule has 0 saturated carbocycles. The van der Waals surface area contributed by atoms with Crippen LogP contribution in [0.2, 0.25) is 0 Å². The molecule has 2 aromatic rings. The molecule has 0 spiro atoms. The van der Waals surface area contributed by atoms with Crippen molar-refractivity contribution >= 4 is 5.82 Å². The summed E-state index contributed by atoms with van der Waals surface area (Å²) in [5, 5.41) is 3.27. The molecule has 0 aliphatic heterocycles. The van der Waals surface area contributed by atoms with Gasteiger partial charge in [-0.1, -0.05) is 0 Å². The molecular formula is C13H19N5. The predicted molar refractivity (Wildman–Crippen MR) is 71.7 cm³/mol. The van der Waals surface area contributed by atoms with Crippen molar-refractivity contribution in [1.29, 1.82) is 0 Å². The molecule has 5 nitrogen and oxygen atoms in total. The first-order valence-corrected chi connectivity index (χ1v) is 6.16. The van der Waals surface area contributed by atoms with E-state index in [9.17, 15) is 0 Å². The summed E-state index contributed by atoms with van der Waals surface area (Å²) in [7, 11) is 1.99. The molecule has 1 N–H and O–H groups in total. The standard InChI is InChI=1S/C13H19N5/c1-5-14-13-11(16-9(2)10(3)17-13)8-12-15-6-7-18(12)4/h6-7H,5,8H2,1-4H3,(H,14,17). The smallest absolute Gasteiger partial charge is 0.148 e. The third kappa shape index (κ3) is 2.50. The van der Waals surface area contributed by atoms with Crippen LogP contribution in [0.25, 0.3) is 0 Å². The van der Waals surface area contributed by atoms with Crippen molar-refractivity contribution in [3.05, 3.63) is 35.3 Å². The van der Waals surface area contributed by atoms with E-state index >= 15 is 0 Å². The zero-order valence-corrected chi connectivity index (χ0v) is 11.4. The van der Waals surface area contributed by atoms with Gasteiger partial charge in [0.15, 0.2) is 0 Å². The topological polar surface area (TPSA) is 55.6 Å². The van der Waals surface area contributed by atoms with Crippen molar-refractivity contribution in [1.82, 2.24) is 19.5 Å². The van der Waals surface area contributed by atoms with Crippen LogP contribution in [0.3, 0.4) is 0 Å². The van der Waals surface area contributed by atoms with Gasteiger partial charge in [0.05, 0.1) is 23.5 Å². The molecule has 96 valence electrons. The minimum absolute atomic E-state index is 0.694. The lowest BCUT2D eigenvalue weighted by Gasteiger charge is -2.11. The Kier molecular flexibility index (Phi) is 3.60. The average molecular weight is 245 g/mol. The van der Waals surface area contributed by atoms with Gasteiger partial charge in [0.25, 0.3) is 0 Å². The van der Waals surface area contributed by atoms with Gasteiger partial charge < -0.3 is 9.88 Å². The zero-order valence-electron chi connectivity index (χ0n) is 11.4. The number of aromatic nitrogens is 4. The summed E-state index contributed by atoms with van der Waals surface area (Å²) in [6.45, 7) is 6.86. The summed E-state index contributed by atoms with van der Waals surface area (Å²) in [4.78, 5) is 13.5. The van der Waals surface area contributed by atoms with Crippen molar-refractivity contribution < 1.29 is 0 Å². The van der Waals surface area contributed by atoms with Crippen LogP contribution in [0.4, 0.5) is 5.82 Å². The molecule has 0 aromatic carbocycles. The van der Waals surface area contributed by atoms with Gasteiger partial charge in [0.1, 0.15) is 11.6 Å². The summed E-state index contributed by atoms with van der Waals surface area (Å²) in [5.41, 5.74) is 2.89. The number of nitrogens with one attached hydrogen (secondary N) is 1. The second-order valence-corrected chi connectivity index (χ2v) is 4.35. The maximum absolute atomic E-state index is 4.63. The van der Waals surface area contributed by atoms with E-state index in [0.717, 1.165) is 35.3 Å². The number of anilines is 1. The summed E-state index contributed by atoms with van der Waals surface area (Å²) in [6.07, 6.45) is 4.44. The maximum atomic E-state index is 4.63. The monoisotopic (exact) mass is 245 g/mol. The normalized spacial score (nSPS) is 10.7. The van der Waals surface area contributed by atoms with E-state index in [1.807, 2.05) is 31.7 Å². The van der Waals surface area contributed by atoms with E-state index in [0.29, 0.717) is 6.42 Å². The fraction of sp³-hybridized carbons (Fsp3) is 0.462. The molecule has 0 aliphatic rings. The number of rotatable bonds is 4. The second kappa shape index (κ2) is 5.16. The zero-order chi connectivity index (χ0) is 13.1. The Bertz CT molecular complexity index is 544. The molecule has 5 heteroatoms. The van der Waals surface area contributed by atoms with Crippen LogP contribution >= 0.6 is 0 Å². The van der Waals surface area contributed by atoms with Gasteiger partial charge in [-0.05, 0) is 20.8 Å². The lowest BCUT2D eigenvalue weighted by molar-refractivity contribution is 0.803. The Morgan fingerprint density at radius 1 is 1.22 bits per heavy atom. The highest BCUT2D eigenvalue weighted by Gasteiger charge is 2.11. The van der Waals surface area contributed by atoms with E-state index in [4.69, 9.17) is 0 Å². The van der Waals surface area contributed by atoms with E-state index in [1.54, 1.807) is 6.20 Å². The summed E-state index contributed by atoms with van der Waals surface area (Å²) in [5.74, 6) is 1.86. The molecule has 2 heterocycles. The maximum Gasteiger partial charge on any atom is 0.148 e. The lowest BCUT2D eigenvalue weighted by atomic mass is 10.2. The minimum atomic E-state index is 0.694. The largest absolute Gasteiger partial charge is 0.369 e. The van der Waals surface area contributed by atoms with Gasteiger partial charge in [0, 0.05) is 26.0 Å². The highest BCUT2D eigenvalue weighted by molar-refractivity contribution is 5.43. The Hall–Kier alpha value is -1.91. The summed E-state index contributed by atoms with van der Waals surface area (Å²) in [6, 6.07) is 0. The highest BCUT2D eigenvalue weighted by Crippen LogP contribution is 2.16. The molecule has 0 fully saturated rings. The van der Waals surface area contributed by atoms with E-state index < -0.39 is 0 Å². The molecule has 18 heavy (non-hydrogen) atoms. The van der Waals surface area contributed by atoms with Crippen molar-refractivity contribution in [2.24, 2.45) is 7.05 Å². The van der Waals surface area contributed by atoms with Gasteiger partial charge >= 0.3 is 0 Å². The number of hydrogen-bond donors (Lipinski definition) is 1. The minimum Gasteiger partial charge on any atom is -0.369 e. The Morgan fingerprint density at radius 2 is 1.94 bits per heavy atom. The molecule has 0 atom stereocenters. The first-order valence-electron chi connectivity index (χ1n) is 6.16. The van der Waals surface area contributed by atoms with Crippen molar-refractivity contribution in [2.75, 3.05) is 11.9 Å². The van der Waals surface area contributed by atoms with Crippen LogP contribution < -0.4 is 5.32 Å². The van der Waals surface area contributed by atoms with Crippen LogP contribution in [0.5, 0.6) is 0 Å². The summed E-state index contributed by atoms with van der Waals surface area (Å²) < 4.78 is 2.01. The SMILES string of the molecule is CCNc1nc(C)c(C)nc1Cc1nccn1C. The molecule has 0 bridgehead atoms. The summed E-state index contributed by atoms with van der Waals surface area (Å²) >= 11 is 0. The molecule has 2 aromatic heterocycles. The van der Waals surface area contributed by atoms with Crippen molar-refractivity contribution in [2.45, 2.75) is 27.2 Å². The Balaban J connectivity index is 2.36. The lowest BCUT2D eigenvalue weighted by Crippen LogP contribution is -2.10. The van der Waals surface area contributed by atoms with Crippen LogP contribution in [0, 0.1) is 13.8 Å². The number of nitrogens with zero attached hydrogens (tertiary/aromatic N) is 4. The molecule has 0 saturated heterocycles. The molecule has 2 rings (SSSR count). The quantitative estimate of drug-likeness (QED) is 0.893. The van der Waals surface area contributed by atoms with Gasteiger partial charge in [-0.15, -0.1) is 0 Å². The third-order valence-electron chi connectivity index (χ3n) is 2.97. The Morgan fingerprint density at radius 3 is 2.56 bits per heavy atom. The highest BCUT2D eigenvalue weighted by atomic mass is 15.1. The van der Waals surface area contributed by atoms with Gasteiger partial charge in [-0.3, -0.25) is 4.98 Å². The van der Waals surface area contributed by atoms with Crippen LogP contribution in [0.1, 0.15) is 29.8 Å².